The second-order valence-electron chi connectivity index (χ2n) is 6.73. The van der Waals surface area contributed by atoms with Crippen molar-refractivity contribution in [3.8, 4) is 5.75 Å². The van der Waals surface area contributed by atoms with E-state index in [-0.39, 0.29) is 0 Å². The molecule has 0 bridgehead atoms. The van der Waals surface area contributed by atoms with E-state index in [1.165, 1.54) is 0 Å². The third-order valence-corrected chi connectivity index (χ3v) is 5.91. The minimum absolute atomic E-state index is 0.333. The molecule has 2 aromatic carbocycles. The Bertz CT molecular complexity index is 1140. The van der Waals surface area contributed by atoms with Crippen molar-refractivity contribution in [3.63, 3.8) is 0 Å². The molecule has 156 valence electrons. The van der Waals surface area contributed by atoms with Crippen molar-refractivity contribution in [2.45, 2.75) is 19.4 Å². The van der Waals surface area contributed by atoms with Gasteiger partial charge in [-0.05, 0) is 30.7 Å². The summed E-state index contributed by atoms with van der Waals surface area (Å²) < 4.78 is 57.0. The molecular formula is C19H23N3O5S2. The molecule has 1 atom stereocenters. The first-order valence-electron chi connectivity index (χ1n) is 8.95. The van der Waals surface area contributed by atoms with E-state index in [1.54, 1.807) is 30.3 Å². The number of hydrogen-bond donors (Lipinski definition) is 1. The van der Waals surface area contributed by atoms with Crippen LogP contribution in [-0.4, -0.2) is 46.1 Å². The lowest BCUT2D eigenvalue weighted by molar-refractivity contribution is 0.317. The first-order chi connectivity index (χ1) is 13.6. The van der Waals surface area contributed by atoms with Gasteiger partial charge >= 0.3 is 0 Å². The van der Waals surface area contributed by atoms with Crippen LogP contribution in [0.5, 0.6) is 5.75 Å². The van der Waals surface area contributed by atoms with Gasteiger partial charge in [0.25, 0.3) is 0 Å². The van der Waals surface area contributed by atoms with Gasteiger partial charge in [-0.25, -0.2) is 16.8 Å². The number of hydrazone groups is 1. The Labute approximate surface area is 171 Å². The Morgan fingerprint density at radius 1 is 1.10 bits per heavy atom. The zero-order valence-electron chi connectivity index (χ0n) is 16.4. The first kappa shape index (κ1) is 21.1. The summed E-state index contributed by atoms with van der Waals surface area (Å²) in [5.74, 6) is 0.609. The maximum atomic E-state index is 12.4. The predicted molar refractivity (Wildman–Crippen MR) is 113 cm³/mol. The Kier molecular flexibility index (Phi) is 5.85. The molecule has 0 saturated carbocycles. The Hall–Kier alpha value is -2.59. The van der Waals surface area contributed by atoms with Crippen LogP contribution in [0.15, 0.2) is 53.6 Å². The molecule has 0 unspecified atom stereocenters. The highest BCUT2D eigenvalue weighted by Gasteiger charge is 2.36. The molecule has 8 nitrogen and oxygen atoms in total. The summed E-state index contributed by atoms with van der Waals surface area (Å²) in [7, 11) is -7.06. The number of nitrogens with one attached hydrogen (secondary N) is 1. The Balaban J connectivity index is 2.01. The van der Waals surface area contributed by atoms with Gasteiger partial charge in [0.1, 0.15) is 5.75 Å². The highest BCUT2D eigenvalue weighted by Crippen LogP contribution is 2.39. The van der Waals surface area contributed by atoms with Crippen LogP contribution < -0.4 is 9.46 Å². The van der Waals surface area contributed by atoms with Crippen LogP contribution in [0.2, 0.25) is 0 Å². The van der Waals surface area contributed by atoms with Crippen LogP contribution in [0, 0.1) is 0 Å². The molecule has 29 heavy (non-hydrogen) atoms. The highest BCUT2D eigenvalue weighted by atomic mass is 32.2. The fraction of sp³-hybridized carbons (Fsp3) is 0.316. The van der Waals surface area contributed by atoms with E-state index in [0.717, 1.165) is 22.5 Å². The van der Waals surface area contributed by atoms with Gasteiger partial charge in [0.05, 0.1) is 30.9 Å². The molecule has 1 aliphatic heterocycles. The highest BCUT2D eigenvalue weighted by molar-refractivity contribution is 7.92. The molecule has 0 aromatic heterocycles. The second-order valence-corrected chi connectivity index (χ2v) is 10.3. The van der Waals surface area contributed by atoms with E-state index in [0.29, 0.717) is 35.7 Å². The zero-order valence-corrected chi connectivity index (χ0v) is 18.0. The van der Waals surface area contributed by atoms with Gasteiger partial charge in [0, 0.05) is 17.7 Å². The van der Waals surface area contributed by atoms with Gasteiger partial charge in [-0.2, -0.15) is 9.52 Å². The maximum absolute atomic E-state index is 12.4. The van der Waals surface area contributed by atoms with Crippen molar-refractivity contribution in [2.24, 2.45) is 5.10 Å². The number of para-hydroxylation sites is 1. The van der Waals surface area contributed by atoms with Gasteiger partial charge < -0.3 is 4.74 Å². The average molecular weight is 438 g/mol. The minimum Gasteiger partial charge on any atom is -0.494 e. The van der Waals surface area contributed by atoms with Crippen molar-refractivity contribution in [2.75, 3.05) is 23.8 Å². The number of sulfonamides is 2. The van der Waals surface area contributed by atoms with E-state index in [2.05, 4.69) is 9.82 Å². The molecule has 0 spiro atoms. The molecule has 0 amide bonds. The van der Waals surface area contributed by atoms with E-state index in [1.807, 2.05) is 25.1 Å². The average Bonchev–Trinajstić information content (AvgIpc) is 3.07. The molecule has 0 aliphatic carbocycles. The lowest BCUT2D eigenvalue weighted by atomic mass is 9.98. The number of benzene rings is 2. The third kappa shape index (κ3) is 5.07. The largest absolute Gasteiger partial charge is 0.494 e. The molecule has 10 heteroatoms. The maximum Gasteiger partial charge on any atom is 0.247 e. The van der Waals surface area contributed by atoms with Gasteiger partial charge in [0.15, 0.2) is 0 Å². The molecule has 1 aliphatic rings. The SMILES string of the molecule is CCOc1ccccc1[C@@H]1CC(c2cccc(NS(C)(=O)=O)c2)=NN1S(C)(=O)=O. The summed E-state index contributed by atoms with van der Waals surface area (Å²) in [6.07, 6.45) is 2.51. The standard InChI is InChI=1S/C19H23N3O5S2/c1-4-27-19-11-6-5-10-16(19)18-13-17(20-22(18)29(3,25)26)14-8-7-9-15(12-14)21-28(2,23)24/h5-12,18,21H,4,13H2,1-3H3/t18-/m0/s1. The number of anilines is 1. The van der Waals surface area contributed by atoms with Crippen LogP contribution in [0.1, 0.15) is 30.5 Å². The zero-order chi connectivity index (χ0) is 21.2. The fourth-order valence-corrected chi connectivity index (χ4v) is 4.67. The van der Waals surface area contributed by atoms with Crippen molar-refractivity contribution >= 4 is 31.4 Å². The van der Waals surface area contributed by atoms with E-state index in [4.69, 9.17) is 4.74 Å². The summed E-state index contributed by atoms with van der Waals surface area (Å²) in [4.78, 5) is 0. The Morgan fingerprint density at radius 3 is 2.48 bits per heavy atom. The molecule has 0 fully saturated rings. The number of ether oxygens (including phenoxy) is 1. The van der Waals surface area contributed by atoms with Crippen molar-refractivity contribution in [3.05, 3.63) is 59.7 Å². The van der Waals surface area contributed by atoms with Crippen molar-refractivity contribution in [1.82, 2.24) is 4.41 Å². The normalized spacial score (nSPS) is 17.1. The van der Waals surface area contributed by atoms with E-state index in [9.17, 15) is 16.8 Å². The topological polar surface area (TPSA) is 105 Å². The molecular weight excluding hydrogens is 414 g/mol. The Morgan fingerprint density at radius 2 is 1.83 bits per heavy atom. The first-order valence-corrected chi connectivity index (χ1v) is 12.7. The van der Waals surface area contributed by atoms with Crippen LogP contribution in [0.4, 0.5) is 5.69 Å². The summed E-state index contributed by atoms with van der Waals surface area (Å²) in [5, 5.41) is 4.36. The van der Waals surface area contributed by atoms with Gasteiger partial charge in [-0.1, -0.05) is 30.3 Å². The summed E-state index contributed by atoms with van der Waals surface area (Å²) in [5.41, 5.74) is 2.30. The van der Waals surface area contributed by atoms with Crippen LogP contribution in [-0.2, 0) is 20.0 Å². The molecule has 1 N–H and O–H groups in total. The quantitative estimate of drug-likeness (QED) is 0.717. The number of nitrogens with zero attached hydrogens (tertiary/aromatic N) is 2. The van der Waals surface area contributed by atoms with Crippen molar-refractivity contribution in [1.29, 1.82) is 0 Å². The van der Waals surface area contributed by atoms with Crippen LogP contribution >= 0.6 is 0 Å². The molecule has 2 aromatic rings. The summed E-state index contributed by atoms with van der Waals surface area (Å²) >= 11 is 0. The molecule has 0 saturated heterocycles. The third-order valence-electron chi connectivity index (χ3n) is 4.29. The van der Waals surface area contributed by atoms with E-state index >= 15 is 0 Å². The molecule has 0 radical (unpaired) electrons. The van der Waals surface area contributed by atoms with Crippen LogP contribution in [0.3, 0.4) is 0 Å². The number of rotatable bonds is 7. The van der Waals surface area contributed by atoms with E-state index < -0.39 is 26.1 Å². The predicted octanol–water partition coefficient (Wildman–Crippen LogP) is 2.57. The van der Waals surface area contributed by atoms with Gasteiger partial charge in [0.2, 0.25) is 20.0 Å². The lowest BCUT2D eigenvalue weighted by Gasteiger charge is -2.23. The molecule has 3 rings (SSSR count). The fourth-order valence-electron chi connectivity index (χ4n) is 3.22. The summed E-state index contributed by atoms with van der Waals surface area (Å²) in [6, 6.07) is 13.5. The van der Waals surface area contributed by atoms with Crippen LogP contribution in [0.25, 0.3) is 0 Å². The smallest absolute Gasteiger partial charge is 0.247 e. The number of hydrogen-bond acceptors (Lipinski definition) is 6. The monoisotopic (exact) mass is 437 g/mol. The van der Waals surface area contributed by atoms with Gasteiger partial charge in [-0.15, -0.1) is 0 Å². The van der Waals surface area contributed by atoms with Crippen molar-refractivity contribution < 1.29 is 21.6 Å². The lowest BCUT2D eigenvalue weighted by Crippen LogP contribution is -2.26. The minimum atomic E-state index is -3.63. The second kappa shape index (κ2) is 8.03. The molecule has 1 heterocycles. The van der Waals surface area contributed by atoms with Gasteiger partial charge in [-0.3, -0.25) is 4.72 Å². The summed E-state index contributed by atoms with van der Waals surface area (Å²) in [6.45, 7) is 2.32.